The van der Waals surface area contributed by atoms with Crippen molar-refractivity contribution in [1.82, 2.24) is 9.88 Å². The molecule has 0 saturated heterocycles. The van der Waals surface area contributed by atoms with E-state index in [-0.39, 0.29) is 17.9 Å². The number of nitrogens with zero attached hydrogens (tertiary/aromatic N) is 1. The molecule has 1 heterocycles. The fourth-order valence-corrected chi connectivity index (χ4v) is 2.52. The summed E-state index contributed by atoms with van der Waals surface area (Å²) in [6, 6.07) is 2.87. The SMILES string of the molecule is Nc1cc(F)c(S(=O)(=O)NCc2ccon2)c(F)c1. The molecule has 6 nitrogen and oxygen atoms in total. The van der Waals surface area contributed by atoms with Gasteiger partial charge in [-0.2, -0.15) is 0 Å². The van der Waals surface area contributed by atoms with Gasteiger partial charge < -0.3 is 10.3 Å². The number of hydrogen-bond donors (Lipinski definition) is 2. The summed E-state index contributed by atoms with van der Waals surface area (Å²) in [5.41, 5.74) is 5.28. The molecule has 0 fully saturated rings. The van der Waals surface area contributed by atoms with E-state index in [1.165, 1.54) is 12.3 Å². The number of anilines is 1. The van der Waals surface area contributed by atoms with Crippen LogP contribution in [0.1, 0.15) is 5.69 Å². The Balaban J connectivity index is 2.29. The van der Waals surface area contributed by atoms with Gasteiger partial charge in [0.2, 0.25) is 10.0 Å². The predicted molar refractivity (Wildman–Crippen MR) is 61.3 cm³/mol. The maximum atomic E-state index is 13.5. The highest BCUT2D eigenvalue weighted by molar-refractivity contribution is 7.89. The van der Waals surface area contributed by atoms with Crippen LogP contribution in [-0.2, 0) is 16.6 Å². The van der Waals surface area contributed by atoms with Crippen molar-refractivity contribution >= 4 is 15.7 Å². The first kappa shape index (κ1) is 13.4. The first-order valence-corrected chi connectivity index (χ1v) is 6.52. The molecule has 1 aromatic carbocycles. The zero-order valence-corrected chi connectivity index (χ0v) is 10.2. The molecular formula is C10H9F2N3O3S. The van der Waals surface area contributed by atoms with E-state index < -0.39 is 26.6 Å². The van der Waals surface area contributed by atoms with Gasteiger partial charge in [-0.1, -0.05) is 5.16 Å². The fourth-order valence-electron chi connectivity index (χ4n) is 1.41. The average molecular weight is 289 g/mol. The van der Waals surface area contributed by atoms with Crippen molar-refractivity contribution in [3.63, 3.8) is 0 Å². The van der Waals surface area contributed by atoms with Gasteiger partial charge in [-0.25, -0.2) is 21.9 Å². The van der Waals surface area contributed by atoms with Crippen LogP contribution < -0.4 is 10.5 Å². The number of hydrogen-bond acceptors (Lipinski definition) is 5. The lowest BCUT2D eigenvalue weighted by Gasteiger charge is -2.08. The second-order valence-corrected chi connectivity index (χ2v) is 5.33. The van der Waals surface area contributed by atoms with Crippen molar-refractivity contribution in [3.05, 3.63) is 41.8 Å². The number of nitrogen functional groups attached to an aromatic ring is 1. The Morgan fingerprint density at radius 1 is 1.32 bits per heavy atom. The highest BCUT2D eigenvalue weighted by atomic mass is 32.2. The van der Waals surface area contributed by atoms with Crippen LogP contribution >= 0.6 is 0 Å². The lowest BCUT2D eigenvalue weighted by Crippen LogP contribution is -2.25. The van der Waals surface area contributed by atoms with Crippen molar-refractivity contribution in [2.75, 3.05) is 5.73 Å². The molecule has 0 unspecified atom stereocenters. The summed E-state index contributed by atoms with van der Waals surface area (Å²) in [4.78, 5) is -1.08. The van der Waals surface area contributed by atoms with Crippen LogP contribution in [0.15, 0.2) is 33.9 Å². The van der Waals surface area contributed by atoms with Gasteiger partial charge in [0.05, 0.1) is 12.2 Å². The number of nitrogens with two attached hydrogens (primary N) is 1. The third-order valence-electron chi connectivity index (χ3n) is 2.22. The molecule has 0 aliphatic rings. The van der Waals surface area contributed by atoms with Gasteiger partial charge in [0.1, 0.15) is 17.9 Å². The van der Waals surface area contributed by atoms with Gasteiger partial charge >= 0.3 is 0 Å². The largest absolute Gasteiger partial charge is 0.399 e. The number of benzene rings is 1. The number of aromatic nitrogens is 1. The lowest BCUT2D eigenvalue weighted by atomic mass is 10.3. The molecule has 19 heavy (non-hydrogen) atoms. The van der Waals surface area contributed by atoms with Crippen LogP contribution in [0.5, 0.6) is 0 Å². The molecule has 9 heteroatoms. The number of sulfonamides is 1. The topological polar surface area (TPSA) is 98.2 Å². The smallest absolute Gasteiger partial charge is 0.246 e. The van der Waals surface area contributed by atoms with Gasteiger partial charge in [0.25, 0.3) is 0 Å². The molecule has 102 valence electrons. The summed E-state index contributed by atoms with van der Waals surface area (Å²) in [6.45, 7) is -0.248. The molecule has 2 aromatic rings. The Labute approximate surface area is 107 Å². The average Bonchev–Trinajstić information content (AvgIpc) is 2.77. The maximum absolute atomic E-state index is 13.5. The van der Waals surface area contributed by atoms with E-state index in [0.717, 1.165) is 12.1 Å². The van der Waals surface area contributed by atoms with E-state index in [2.05, 4.69) is 9.68 Å². The molecule has 0 amide bonds. The van der Waals surface area contributed by atoms with Crippen LogP contribution in [0.2, 0.25) is 0 Å². The Bertz CT molecular complexity index is 663. The third kappa shape index (κ3) is 2.88. The van der Waals surface area contributed by atoms with E-state index in [9.17, 15) is 17.2 Å². The van der Waals surface area contributed by atoms with Crippen LogP contribution in [0, 0.1) is 11.6 Å². The summed E-state index contributed by atoms with van der Waals surface area (Å²) in [6.07, 6.45) is 1.24. The third-order valence-corrected chi connectivity index (χ3v) is 3.68. The van der Waals surface area contributed by atoms with Crippen LogP contribution in [0.25, 0.3) is 0 Å². The van der Waals surface area contributed by atoms with Crippen molar-refractivity contribution in [1.29, 1.82) is 0 Å². The summed E-state index contributed by atoms with van der Waals surface area (Å²) in [5.74, 6) is -2.52. The van der Waals surface area contributed by atoms with Gasteiger partial charge in [0.15, 0.2) is 4.90 Å². The van der Waals surface area contributed by atoms with Crippen molar-refractivity contribution < 1.29 is 21.7 Å². The number of halogens is 2. The maximum Gasteiger partial charge on any atom is 0.246 e. The zero-order valence-electron chi connectivity index (χ0n) is 9.43. The summed E-state index contributed by atoms with van der Waals surface area (Å²) in [5, 5.41) is 3.46. The molecule has 0 radical (unpaired) electrons. The standard InChI is InChI=1S/C10H9F2N3O3S/c11-8-3-6(13)4-9(12)10(8)19(16,17)14-5-7-1-2-18-15-7/h1-4,14H,5,13H2. The Morgan fingerprint density at radius 2 is 1.95 bits per heavy atom. The van der Waals surface area contributed by atoms with Gasteiger partial charge in [-0.3, -0.25) is 0 Å². The normalized spacial score (nSPS) is 11.7. The Kier molecular flexibility index (Phi) is 3.49. The van der Waals surface area contributed by atoms with Crippen LogP contribution in [0.3, 0.4) is 0 Å². The molecule has 0 saturated carbocycles. The molecule has 0 atom stereocenters. The van der Waals surface area contributed by atoms with E-state index in [0.29, 0.717) is 0 Å². The van der Waals surface area contributed by atoms with E-state index in [1.807, 2.05) is 4.72 Å². The highest BCUT2D eigenvalue weighted by Crippen LogP contribution is 2.21. The Morgan fingerprint density at radius 3 is 2.47 bits per heavy atom. The number of rotatable bonds is 4. The minimum absolute atomic E-state index is 0.203. The van der Waals surface area contributed by atoms with Crippen molar-refractivity contribution in [2.24, 2.45) is 0 Å². The molecule has 1 aromatic heterocycles. The minimum Gasteiger partial charge on any atom is -0.399 e. The predicted octanol–water partition coefficient (Wildman–Crippen LogP) is 1.01. The summed E-state index contributed by atoms with van der Waals surface area (Å²) < 4.78 is 57.1. The molecular weight excluding hydrogens is 280 g/mol. The van der Waals surface area contributed by atoms with Gasteiger partial charge in [0, 0.05) is 11.8 Å². The van der Waals surface area contributed by atoms with E-state index in [1.54, 1.807) is 0 Å². The second-order valence-electron chi connectivity index (χ2n) is 3.63. The van der Waals surface area contributed by atoms with Gasteiger partial charge in [-0.05, 0) is 12.1 Å². The summed E-state index contributed by atoms with van der Waals surface area (Å²) >= 11 is 0. The highest BCUT2D eigenvalue weighted by Gasteiger charge is 2.24. The number of nitrogens with one attached hydrogen (secondary N) is 1. The quantitative estimate of drug-likeness (QED) is 0.819. The van der Waals surface area contributed by atoms with E-state index in [4.69, 9.17) is 5.73 Å². The van der Waals surface area contributed by atoms with Crippen molar-refractivity contribution in [2.45, 2.75) is 11.4 Å². The summed E-state index contributed by atoms with van der Waals surface area (Å²) in [7, 11) is -4.35. The van der Waals surface area contributed by atoms with Crippen LogP contribution in [-0.4, -0.2) is 13.6 Å². The lowest BCUT2D eigenvalue weighted by molar-refractivity contribution is 0.410. The first-order valence-electron chi connectivity index (χ1n) is 5.03. The molecule has 3 N–H and O–H groups in total. The fraction of sp³-hybridized carbons (Fsp3) is 0.100. The van der Waals surface area contributed by atoms with Crippen molar-refractivity contribution in [3.8, 4) is 0 Å². The molecule has 0 bridgehead atoms. The molecule has 2 rings (SSSR count). The van der Waals surface area contributed by atoms with Crippen LogP contribution in [0.4, 0.5) is 14.5 Å². The molecule has 0 aliphatic heterocycles. The van der Waals surface area contributed by atoms with Gasteiger partial charge in [-0.15, -0.1) is 0 Å². The minimum atomic E-state index is -4.35. The second kappa shape index (κ2) is 4.94. The first-order chi connectivity index (χ1) is 8.90. The Hall–Kier alpha value is -2.00. The zero-order chi connectivity index (χ0) is 14.0. The molecule has 0 aliphatic carbocycles. The van der Waals surface area contributed by atoms with E-state index >= 15 is 0 Å². The monoisotopic (exact) mass is 289 g/mol. The molecule has 0 spiro atoms.